The molecule has 2 amide bonds. The van der Waals surface area contributed by atoms with Crippen molar-refractivity contribution in [1.82, 2.24) is 4.90 Å². The van der Waals surface area contributed by atoms with E-state index in [0.717, 1.165) is 64.4 Å². The van der Waals surface area contributed by atoms with Crippen molar-refractivity contribution < 1.29 is 23.9 Å². The highest BCUT2D eigenvalue weighted by atomic mass is 16.6. The van der Waals surface area contributed by atoms with Crippen LogP contribution in [0.25, 0.3) is 43.1 Å². The molecule has 3 aliphatic rings. The number of carbonyl (C=O) groups excluding carboxylic acids is 4. The van der Waals surface area contributed by atoms with Gasteiger partial charge in [0.05, 0.1) is 11.1 Å². The summed E-state index contributed by atoms with van der Waals surface area (Å²) in [5, 5.41) is 6.51. The van der Waals surface area contributed by atoms with Crippen LogP contribution in [-0.2, 0) is 4.74 Å². The zero-order valence-corrected chi connectivity index (χ0v) is 19.2. The van der Waals surface area contributed by atoms with Crippen molar-refractivity contribution in [2.45, 2.75) is 38.1 Å². The first-order valence-corrected chi connectivity index (χ1v) is 12.4. The van der Waals surface area contributed by atoms with Crippen molar-refractivity contribution in [3.63, 3.8) is 0 Å². The Morgan fingerprint density at radius 2 is 0.944 bits per heavy atom. The van der Waals surface area contributed by atoms with Crippen LogP contribution in [0.2, 0.25) is 0 Å². The Hall–Kier alpha value is -4.32. The minimum Gasteiger partial charge on any atom is -0.386 e. The molecule has 0 spiro atoms. The molecule has 0 atom stereocenters. The van der Waals surface area contributed by atoms with Crippen LogP contribution in [-0.4, -0.2) is 34.7 Å². The molecule has 5 aromatic carbocycles. The maximum atomic E-state index is 13.7. The Morgan fingerprint density at radius 1 is 0.528 bits per heavy atom. The Labute approximate surface area is 204 Å². The summed E-state index contributed by atoms with van der Waals surface area (Å²) in [4.78, 5) is 53.9. The van der Waals surface area contributed by atoms with E-state index in [-0.39, 0.29) is 17.9 Å². The Balaban J connectivity index is 1.49. The van der Waals surface area contributed by atoms with Crippen molar-refractivity contribution in [3.8, 4) is 0 Å². The molecular formula is C30H19NO5. The molecule has 174 valence electrons. The summed E-state index contributed by atoms with van der Waals surface area (Å²) < 4.78 is 4.94. The number of hydrogen-bond donors (Lipinski definition) is 0. The quantitative estimate of drug-likeness (QED) is 0.0984. The van der Waals surface area contributed by atoms with Crippen LogP contribution in [0.4, 0.5) is 0 Å². The number of carbonyl (C=O) groups is 4. The van der Waals surface area contributed by atoms with Crippen LogP contribution in [0.1, 0.15) is 73.5 Å². The predicted molar refractivity (Wildman–Crippen MR) is 135 cm³/mol. The van der Waals surface area contributed by atoms with E-state index in [1.807, 2.05) is 36.4 Å². The number of cyclic esters (lactones) is 2. The van der Waals surface area contributed by atoms with Crippen molar-refractivity contribution in [3.05, 3.63) is 70.8 Å². The third-order valence-electron chi connectivity index (χ3n) is 8.37. The van der Waals surface area contributed by atoms with Crippen LogP contribution in [0, 0.1) is 0 Å². The molecule has 8 rings (SSSR count). The van der Waals surface area contributed by atoms with Gasteiger partial charge in [-0.05, 0) is 69.4 Å². The third-order valence-corrected chi connectivity index (χ3v) is 8.37. The van der Waals surface area contributed by atoms with Crippen LogP contribution >= 0.6 is 0 Å². The minimum atomic E-state index is -0.647. The molecule has 0 radical (unpaired) electrons. The molecule has 36 heavy (non-hydrogen) atoms. The van der Waals surface area contributed by atoms with E-state index < -0.39 is 11.9 Å². The average Bonchev–Trinajstić information content (AvgIpc) is 2.90. The van der Waals surface area contributed by atoms with Gasteiger partial charge in [-0.2, -0.15) is 0 Å². The van der Waals surface area contributed by atoms with Gasteiger partial charge in [0, 0.05) is 27.9 Å². The van der Waals surface area contributed by atoms with E-state index in [1.54, 1.807) is 12.1 Å². The number of benzene rings is 5. The van der Waals surface area contributed by atoms with Crippen molar-refractivity contribution in [2.75, 3.05) is 0 Å². The minimum absolute atomic E-state index is 0.0524. The van der Waals surface area contributed by atoms with E-state index in [1.165, 1.54) is 4.90 Å². The smallest absolute Gasteiger partial charge is 0.346 e. The van der Waals surface area contributed by atoms with Gasteiger partial charge in [-0.25, -0.2) is 9.59 Å². The van der Waals surface area contributed by atoms with E-state index in [4.69, 9.17) is 4.74 Å². The summed E-state index contributed by atoms with van der Waals surface area (Å²) in [6.45, 7) is 0. The van der Waals surface area contributed by atoms with Gasteiger partial charge >= 0.3 is 11.9 Å². The first-order chi connectivity index (χ1) is 17.5. The molecular weight excluding hydrogens is 454 g/mol. The fourth-order valence-corrected chi connectivity index (χ4v) is 6.80. The lowest BCUT2D eigenvalue weighted by molar-refractivity contribution is 0.0389. The van der Waals surface area contributed by atoms with Crippen LogP contribution in [0.5, 0.6) is 0 Å². The van der Waals surface area contributed by atoms with E-state index >= 15 is 0 Å². The van der Waals surface area contributed by atoms with Crippen molar-refractivity contribution in [1.29, 1.82) is 0 Å². The molecule has 0 bridgehead atoms. The fraction of sp³-hybridized carbons (Fsp3) is 0.200. The molecule has 0 N–H and O–H groups in total. The zero-order chi connectivity index (χ0) is 24.3. The lowest BCUT2D eigenvalue weighted by atomic mass is 9.82. The monoisotopic (exact) mass is 473 g/mol. The molecule has 1 saturated carbocycles. The Kier molecular flexibility index (Phi) is 3.69. The highest BCUT2D eigenvalue weighted by molar-refractivity contribution is 6.40. The number of imide groups is 1. The molecule has 1 fully saturated rings. The molecule has 5 aromatic rings. The van der Waals surface area contributed by atoms with E-state index in [2.05, 4.69) is 0 Å². The van der Waals surface area contributed by atoms with E-state index in [0.29, 0.717) is 33.0 Å². The second-order valence-corrected chi connectivity index (χ2v) is 10.1. The van der Waals surface area contributed by atoms with Crippen LogP contribution in [0.3, 0.4) is 0 Å². The van der Waals surface area contributed by atoms with Gasteiger partial charge < -0.3 is 4.74 Å². The van der Waals surface area contributed by atoms with Gasteiger partial charge in [0.25, 0.3) is 11.8 Å². The van der Waals surface area contributed by atoms with Gasteiger partial charge in [0.1, 0.15) is 0 Å². The number of amides is 2. The van der Waals surface area contributed by atoms with E-state index in [9.17, 15) is 19.2 Å². The third kappa shape index (κ3) is 2.27. The number of nitrogens with zero attached hydrogens (tertiary/aromatic N) is 1. The molecule has 0 aromatic heterocycles. The average molecular weight is 473 g/mol. The summed E-state index contributed by atoms with van der Waals surface area (Å²) in [6.07, 6.45) is 4.91. The normalized spacial score (nSPS) is 18.3. The zero-order valence-electron chi connectivity index (χ0n) is 19.2. The van der Waals surface area contributed by atoms with Gasteiger partial charge in [0.15, 0.2) is 0 Å². The molecule has 6 heteroatoms. The number of esters is 2. The van der Waals surface area contributed by atoms with Gasteiger partial charge in [0.2, 0.25) is 0 Å². The van der Waals surface area contributed by atoms with Gasteiger partial charge in [-0.3, -0.25) is 14.5 Å². The number of ether oxygens (including phenoxy) is 1. The second-order valence-electron chi connectivity index (χ2n) is 10.1. The molecule has 2 aliphatic heterocycles. The van der Waals surface area contributed by atoms with Gasteiger partial charge in [-0.15, -0.1) is 0 Å². The first kappa shape index (κ1) is 19.9. The summed E-state index contributed by atoms with van der Waals surface area (Å²) in [5.74, 6) is -1.72. The number of fused-ring (bicyclic) bond motifs is 2. The molecule has 0 saturated heterocycles. The SMILES string of the molecule is O=C1OC(=O)c2ccc3c4ccc5c6c(ccc(c7ccc1c2c73)c64)C(=O)N(C1CCCCC1)C5=O. The first-order valence-electron chi connectivity index (χ1n) is 12.4. The van der Waals surface area contributed by atoms with Crippen LogP contribution in [0.15, 0.2) is 48.5 Å². The second kappa shape index (κ2) is 6.66. The summed E-state index contributed by atoms with van der Waals surface area (Å²) in [5.41, 5.74) is 1.85. The Bertz CT molecular complexity index is 1760. The summed E-state index contributed by atoms with van der Waals surface area (Å²) >= 11 is 0. The number of rotatable bonds is 1. The largest absolute Gasteiger partial charge is 0.386 e. The highest BCUT2D eigenvalue weighted by Gasteiger charge is 2.39. The molecule has 1 aliphatic carbocycles. The lowest BCUT2D eigenvalue weighted by Gasteiger charge is -2.36. The van der Waals surface area contributed by atoms with Crippen molar-refractivity contribution >= 4 is 66.8 Å². The molecule has 2 heterocycles. The predicted octanol–water partition coefficient (Wildman–Crippen LogP) is 5.98. The summed E-state index contributed by atoms with van der Waals surface area (Å²) in [6, 6.07) is 14.6. The summed E-state index contributed by atoms with van der Waals surface area (Å²) in [7, 11) is 0. The van der Waals surface area contributed by atoms with Crippen molar-refractivity contribution in [2.24, 2.45) is 0 Å². The standard InChI is InChI=1S/C30H19NO5/c32-27-19-10-6-15-17-8-12-21-26-22(30(35)36-29(21)34)13-9-18(24(17)26)16-7-11-20(25(19)23(15)16)28(33)31(27)14-4-2-1-3-5-14/h6-14H,1-5H2. The van der Waals surface area contributed by atoms with Crippen LogP contribution < -0.4 is 0 Å². The lowest BCUT2D eigenvalue weighted by Crippen LogP contribution is -2.47. The highest BCUT2D eigenvalue weighted by Crippen LogP contribution is 2.46. The molecule has 6 nitrogen and oxygen atoms in total. The Morgan fingerprint density at radius 3 is 1.42 bits per heavy atom. The maximum absolute atomic E-state index is 13.7. The maximum Gasteiger partial charge on any atom is 0.346 e. The topological polar surface area (TPSA) is 80.8 Å². The fourth-order valence-electron chi connectivity index (χ4n) is 6.80. The van der Waals surface area contributed by atoms with Gasteiger partial charge in [-0.1, -0.05) is 43.5 Å². The molecule has 0 unspecified atom stereocenters. The number of hydrogen-bond acceptors (Lipinski definition) is 5.